The number of hydrogen-bond acceptors (Lipinski definition) is 4. The summed E-state index contributed by atoms with van der Waals surface area (Å²) in [6.07, 6.45) is -2.02. The normalized spacial score (nSPS) is 11.8. The molecule has 0 atom stereocenters. The van der Waals surface area contributed by atoms with Gasteiger partial charge in [0.15, 0.2) is 0 Å². The molecule has 0 aliphatic rings. The van der Waals surface area contributed by atoms with E-state index in [1.54, 1.807) is 35.4 Å². The first kappa shape index (κ1) is 17.3. The van der Waals surface area contributed by atoms with E-state index in [4.69, 9.17) is 10.00 Å². The van der Waals surface area contributed by atoms with Crippen molar-refractivity contribution >= 4 is 5.57 Å². The number of nitrogens with zero attached hydrogens (tertiary/aromatic N) is 3. The zero-order chi connectivity index (χ0) is 17.7. The van der Waals surface area contributed by atoms with Crippen molar-refractivity contribution in [1.29, 1.82) is 5.26 Å². The van der Waals surface area contributed by atoms with Crippen molar-refractivity contribution in [3.05, 3.63) is 59.9 Å². The number of halogens is 3. The lowest BCUT2D eigenvalue weighted by Crippen LogP contribution is -2.05. The number of aromatic nitrogens is 1. The first-order chi connectivity index (χ1) is 11.3. The molecule has 7 heteroatoms. The second-order valence-corrected chi connectivity index (χ2v) is 5.13. The summed E-state index contributed by atoms with van der Waals surface area (Å²) in [5, 5.41) is 9.15. The van der Waals surface area contributed by atoms with Crippen LogP contribution in [0.2, 0.25) is 0 Å². The topological polar surface area (TPSA) is 49.2 Å². The number of benzene rings is 1. The Morgan fingerprint density at radius 1 is 1.17 bits per heavy atom. The maximum Gasteiger partial charge on any atom is 0.417 e. The average molecular weight is 333 g/mol. The highest BCUT2D eigenvalue weighted by Gasteiger charge is 2.30. The fourth-order valence-corrected chi connectivity index (χ4v) is 1.86. The van der Waals surface area contributed by atoms with Gasteiger partial charge in [0.05, 0.1) is 11.1 Å². The molecule has 1 heterocycles. The fourth-order valence-electron chi connectivity index (χ4n) is 1.86. The van der Waals surface area contributed by atoms with Crippen LogP contribution in [0, 0.1) is 11.3 Å². The lowest BCUT2D eigenvalue weighted by molar-refractivity contribution is -0.137. The Bertz CT molecular complexity index is 758. The maximum atomic E-state index is 12.5. The van der Waals surface area contributed by atoms with Gasteiger partial charge in [-0.2, -0.15) is 18.4 Å². The molecule has 1 aromatic carbocycles. The fraction of sp³-hybridized carbons (Fsp3) is 0.176. The number of ether oxygens (including phenoxy) is 1. The maximum absolute atomic E-state index is 12.5. The van der Waals surface area contributed by atoms with Crippen molar-refractivity contribution in [2.24, 2.45) is 0 Å². The van der Waals surface area contributed by atoms with Crippen LogP contribution in [0.3, 0.4) is 0 Å². The van der Waals surface area contributed by atoms with Crippen molar-refractivity contribution in [2.75, 3.05) is 14.1 Å². The van der Waals surface area contributed by atoms with E-state index in [1.165, 1.54) is 0 Å². The Labute approximate surface area is 137 Å². The van der Waals surface area contributed by atoms with E-state index in [9.17, 15) is 13.2 Å². The van der Waals surface area contributed by atoms with E-state index >= 15 is 0 Å². The van der Waals surface area contributed by atoms with Crippen LogP contribution in [0.1, 0.15) is 11.1 Å². The van der Waals surface area contributed by atoms with Gasteiger partial charge in [0.1, 0.15) is 11.8 Å². The summed E-state index contributed by atoms with van der Waals surface area (Å²) < 4.78 is 42.8. The summed E-state index contributed by atoms with van der Waals surface area (Å²) in [6, 6.07) is 10.8. The first-order valence-electron chi connectivity index (χ1n) is 6.89. The van der Waals surface area contributed by atoms with E-state index in [-0.39, 0.29) is 5.88 Å². The van der Waals surface area contributed by atoms with Crippen molar-refractivity contribution in [1.82, 2.24) is 9.88 Å². The highest BCUT2D eigenvalue weighted by molar-refractivity contribution is 5.76. The van der Waals surface area contributed by atoms with E-state index in [2.05, 4.69) is 11.1 Å². The van der Waals surface area contributed by atoms with Gasteiger partial charge < -0.3 is 9.64 Å². The molecule has 124 valence electrons. The van der Waals surface area contributed by atoms with Gasteiger partial charge in [-0.25, -0.2) is 4.98 Å². The summed E-state index contributed by atoms with van der Waals surface area (Å²) >= 11 is 0. The Hall–Kier alpha value is -3.01. The predicted molar refractivity (Wildman–Crippen MR) is 83.0 cm³/mol. The van der Waals surface area contributed by atoms with Crippen molar-refractivity contribution in [3.63, 3.8) is 0 Å². The number of nitriles is 1. The van der Waals surface area contributed by atoms with E-state index < -0.39 is 11.7 Å². The zero-order valence-electron chi connectivity index (χ0n) is 13.0. The average Bonchev–Trinajstić information content (AvgIpc) is 2.53. The second-order valence-electron chi connectivity index (χ2n) is 5.13. The molecule has 0 saturated heterocycles. The van der Waals surface area contributed by atoms with Gasteiger partial charge in [0.2, 0.25) is 5.88 Å². The number of pyridine rings is 1. The van der Waals surface area contributed by atoms with Crippen LogP contribution in [0.5, 0.6) is 11.6 Å². The largest absolute Gasteiger partial charge is 0.439 e. The molecule has 2 aromatic rings. The van der Waals surface area contributed by atoms with Crippen LogP contribution >= 0.6 is 0 Å². The van der Waals surface area contributed by atoms with E-state index in [0.29, 0.717) is 16.9 Å². The molecule has 0 fully saturated rings. The quantitative estimate of drug-likeness (QED) is 0.782. The monoisotopic (exact) mass is 333 g/mol. The van der Waals surface area contributed by atoms with E-state index in [1.807, 2.05) is 14.1 Å². The SMILES string of the molecule is CN(C)/C=C(/C#N)c1ccc(Oc2ccc(C(F)(F)F)cn2)cc1. The molecule has 0 radical (unpaired) electrons. The van der Waals surface area contributed by atoms with Gasteiger partial charge in [-0.3, -0.25) is 0 Å². The number of allylic oxidation sites excluding steroid dienone is 1. The second kappa shape index (κ2) is 7.04. The minimum absolute atomic E-state index is 0.0556. The molecule has 4 nitrogen and oxygen atoms in total. The molecule has 0 saturated carbocycles. The van der Waals surface area contributed by atoms with E-state index in [0.717, 1.165) is 18.3 Å². The Kier molecular flexibility index (Phi) is 5.09. The number of hydrogen-bond donors (Lipinski definition) is 0. The molecular weight excluding hydrogens is 319 g/mol. The van der Waals surface area contributed by atoms with Crippen LogP contribution in [0.25, 0.3) is 5.57 Å². The molecule has 0 aliphatic carbocycles. The summed E-state index contributed by atoms with van der Waals surface area (Å²) in [4.78, 5) is 5.40. The summed E-state index contributed by atoms with van der Waals surface area (Å²) in [5.74, 6) is 0.466. The highest BCUT2D eigenvalue weighted by atomic mass is 19.4. The lowest BCUT2D eigenvalue weighted by Gasteiger charge is -2.09. The lowest BCUT2D eigenvalue weighted by atomic mass is 10.1. The Morgan fingerprint density at radius 2 is 1.83 bits per heavy atom. The van der Waals surface area contributed by atoms with Gasteiger partial charge in [-0.05, 0) is 35.9 Å². The molecule has 0 unspecified atom stereocenters. The molecular formula is C17H14F3N3O. The smallest absolute Gasteiger partial charge is 0.417 e. The molecule has 0 amide bonds. The molecule has 24 heavy (non-hydrogen) atoms. The predicted octanol–water partition coefficient (Wildman–Crippen LogP) is 4.32. The minimum Gasteiger partial charge on any atom is -0.439 e. The Balaban J connectivity index is 2.13. The number of rotatable bonds is 4. The van der Waals surface area contributed by atoms with Crippen LogP contribution in [0.15, 0.2) is 48.8 Å². The third kappa shape index (κ3) is 4.49. The third-order valence-corrected chi connectivity index (χ3v) is 2.96. The molecule has 0 spiro atoms. The summed E-state index contributed by atoms with van der Waals surface area (Å²) in [5.41, 5.74) is 0.357. The minimum atomic E-state index is -4.43. The first-order valence-corrected chi connectivity index (χ1v) is 6.89. The summed E-state index contributed by atoms with van der Waals surface area (Å²) in [6.45, 7) is 0. The molecule has 0 N–H and O–H groups in total. The van der Waals surface area contributed by atoms with Crippen molar-refractivity contribution < 1.29 is 17.9 Å². The van der Waals surface area contributed by atoms with Crippen molar-refractivity contribution in [3.8, 4) is 17.7 Å². The van der Waals surface area contributed by atoms with Crippen molar-refractivity contribution in [2.45, 2.75) is 6.18 Å². The van der Waals surface area contributed by atoms with Crippen LogP contribution in [-0.4, -0.2) is 24.0 Å². The molecule has 0 aliphatic heterocycles. The van der Waals surface area contributed by atoms with Gasteiger partial charge in [-0.1, -0.05) is 0 Å². The molecule has 2 rings (SSSR count). The molecule has 0 bridgehead atoms. The van der Waals surface area contributed by atoms with Gasteiger partial charge in [0.25, 0.3) is 0 Å². The van der Waals surface area contributed by atoms with Crippen LogP contribution < -0.4 is 4.74 Å². The van der Waals surface area contributed by atoms with Gasteiger partial charge in [-0.15, -0.1) is 0 Å². The number of alkyl halides is 3. The standard InChI is InChI=1S/C17H14F3N3O/c1-23(2)11-13(9-21)12-3-6-15(7-4-12)24-16-8-5-14(10-22-16)17(18,19)20/h3-8,10-11H,1-2H3/b13-11-. The van der Waals surface area contributed by atoms with Crippen LogP contribution in [-0.2, 0) is 6.18 Å². The van der Waals surface area contributed by atoms with Gasteiger partial charge in [0, 0.05) is 32.6 Å². The van der Waals surface area contributed by atoms with Crippen LogP contribution in [0.4, 0.5) is 13.2 Å². The highest BCUT2D eigenvalue weighted by Crippen LogP contribution is 2.30. The Morgan fingerprint density at radius 3 is 2.29 bits per heavy atom. The van der Waals surface area contributed by atoms with Gasteiger partial charge >= 0.3 is 6.18 Å². The molecule has 1 aromatic heterocycles. The zero-order valence-corrected chi connectivity index (χ0v) is 13.0. The summed E-state index contributed by atoms with van der Waals surface area (Å²) in [7, 11) is 3.62. The third-order valence-electron chi connectivity index (χ3n) is 2.96.